The van der Waals surface area contributed by atoms with Gasteiger partial charge in [-0.1, -0.05) is 32.9 Å². The van der Waals surface area contributed by atoms with E-state index in [-0.39, 0.29) is 6.42 Å². The molecule has 1 unspecified atom stereocenters. The number of ketones is 2. The number of hydrogen-bond acceptors (Lipinski definition) is 2. The van der Waals surface area contributed by atoms with Gasteiger partial charge in [-0.25, -0.2) is 4.39 Å². The van der Waals surface area contributed by atoms with E-state index in [2.05, 4.69) is 0 Å². The predicted octanol–water partition coefficient (Wildman–Crippen LogP) is 3.31. The maximum Gasteiger partial charge on any atom is 0.220 e. The van der Waals surface area contributed by atoms with Gasteiger partial charge in [0.2, 0.25) is 12.0 Å². The van der Waals surface area contributed by atoms with Crippen LogP contribution < -0.4 is 0 Å². The van der Waals surface area contributed by atoms with Gasteiger partial charge in [-0.2, -0.15) is 0 Å². The van der Waals surface area contributed by atoms with Crippen molar-refractivity contribution >= 4 is 11.6 Å². The third-order valence-corrected chi connectivity index (χ3v) is 3.11. The quantitative estimate of drug-likeness (QED) is 0.573. The first kappa shape index (κ1) is 14.6. The molecule has 1 rings (SSSR count). The van der Waals surface area contributed by atoms with E-state index in [1.165, 1.54) is 0 Å². The second-order valence-electron chi connectivity index (χ2n) is 4.24. The first-order valence-corrected chi connectivity index (χ1v) is 6.37. The maximum absolute atomic E-state index is 13.6. The summed E-state index contributed by atoms with van der Waals surface area (Å²) in [6.45, 7) is 5.58. The van der Waals surface area contributed by atoms with Crippen LogP contribution in [0.4, 0.5) is 4.39 Å². The van der Waals surface area contributed by atoms with Crippen LogP contribution in [0.25, 0.3) is 0 Å². The Kier molecular flexibility index (Phi) is 5.20. The molecule has 0 heterocycles. The average molecular weight is 250 g/mol. The van der Waals surface area contributed by atoms with Crippen LogP contribution in [0.1, 0.15) is 48.7 Å². The summed E-state index contributed by atoms with van der Waals surface area (Å²) < 4.78 is 13.6. The van der Waals surface area contributed by atoms with Crippen LogP contribution in [0.15, 0.2) is 18.2 Å². The smallest absolute Gasteiger partial charge is 0.220 e. The molecular weight excluding hydrogens is 231 g/mol. The fourth-order valence-corrected chi connectivity index (χ4v) is 1.92. The van der Waals surface area contributed by atoms with Crippen molar-refractivity contribution in [3.05, 3.63) is 34.9 Å². The van der Waals surface area contributed by atoms with Crippen LogP contribution in [0, 0.1) is 0 Å². The van der Waals surface area contributed by atoms with E-state index in [0.29, 0.717) is 5.56 Å². The van der Waals surface area contributed by atoms with Crippen molar-refractivity contribution in [3.63, 3.8) is 0 Å². The Morgan fingerprint density at radius 3 is 2.22 bits per heavy atom. The number of aryl methyl sites for hydroxylation is 2. The van der Waals surface area contributed by atoms with Crippen LogP contribution in [-0.4, -0.2) is 17.7 Å². The highest BCUT2D eigenvalue weighted by Crippen LogP contribution is 2.16. The van der Waals surface area contributed by atoms with E-state index >= 15 is 0 Å². The monoisotopic (exact) mass is 250 g/mol. The predicted molar refractivity (Wildman–Crippen MR) is 69.7 cm³/mol. The van der Waals surface area contributed by atoms with Gasteiger partial charge in [0.25, 0.3) is 0 Å². The lowest BCUT2D eigenvalue weighted by Gasteiger charge is -2.10. The minimum atomic E-state index is -2.02. The number of rotatable bonds is 6. The largest absolute Gasteiger partial charge is 0.296 e. The molecule has 18 heavy (non-hydrogen) atoms. The molecule has 0 radical (unpaired) electrons. The number of carbonyl (C=O) groups is 2. The molecule has 3 heteroatoms. The zero-order chi connectivity index (χ0) is 13.7. The molecule has 2 nitrogen and oxygen atoms in total. The van der Waals surface area contributed by atoms with Gasteiger partial charge in [0.15, 0.2) is 5.78 Å². The lowest BCUT2D eigenvalue weighted by molar-refractivity contribution is -0.121. The summed E-state index contributed by atoms with van der Waals surface area (Å²) in [5, 5.41) is 0. The number of benzene rings is 1. The molecule has 0 bridgehead atoms. The van der Waals surface area contributed by atoms with Crippen molar-refractivity contribution in [1.82, 2.24) is 0 Å². The number of halogens is 1. The minimum Gasteiger partial charge on any atom is -0.296 e. The summed E-state index contributed by atoms with van der Waals surface area (Å²) in [5.74, 6) is -1.38. The van der Waals surface area contributed by atoms with Gasteiger partial charge in [0.05, 0.1) is 0 Å². The van der Waals surface area contributed by atoms with Gasteiger partial charge in [-0.05, 0) is 30.0 Å². The van der Waals surface area contributed by atoms with Gasteiger partial charge < -0.3 is 0 Å². The first-order valence-electron chi connectivity index (χ1n) is 6.37. The van der Waals surface area contributed by atoms with E-state index in [9.17, 15) is 14.0 Å². The molecule has 0 N–H and O–H groups in total. The zero-order valence-electron chi connectivity index (χ0n) is 11.1. The van der Waals surface area contributed by atoms with E-state index in [1.54, 1.807) is 19.1 Å². The molecule has 0 aliphatic rings. The highest BCUT2D eigenvalue weighted by Gasteiger charge is 2.25. The van der Waals surface area contributed by atoms with Crippen molar-refractivity contribution in [2.75, 3.05) is 0 Å². The number of alkyl halides is 1. The van der Waals surface area contributed by atoms with Crippen molar-refractivity contribution in [2.45, 2.75) is 46.2 Å². The van der Waals surface area contributed by atoms with Crippen LogP contribution in [0.3, 0.4) is 0 Å². The van der Waals surface area contributed by atoms with Gasteiger partial charge in [-0.15, -0.1) is 0 Å². The van der Waals surface area contributed by atoms with Crippen LogP contribution in [-0.2, 0) is 17.6 Å². The molecule has 0 fully saturated rings. The van der Waals surface area contributed by atoms with Crippen molar-refractivity contribution in [3.8, 4) is 0 Å². The molecule has 0 aromatic heterocycles. The summed E-state index contributed by atoms with van der Waals surface area (Å²) in [6.07, 6.45) is -0.305. The zero-order valence-corrected chi connectivity index (χ0v) is 11.1. The van der Waals surface area contributed by atoms with E-state index in [0.717, 1.165) is 24.0 Å². The number of Topliss-reactive ketones (excluding diaryl/α,β-unsaturated/α-hetero) is 2. The van der Waals surface area contributed by atoms with E-state index < -0.39 is 17.7 Å². The summed E-state index contributed by atoms with van der Waals surface area (Å²) >= 11 is 0. The normalized spacial score (nSPS) is 12.2. The van der Waals surface area contributed by atoms with Crippen molar-refractivity contribution in [1.29, 1.82) is 0 Å². The Morgan fingerprint density at radius 1 is 1.11 bits per heavy atom. The van der Waals surface area contributed by atoms with E-state index in [1.807, 2.05) is 19.9 Å². The molecule has 0 aliphatic heterocycles. The summed E-state index contributed by atoms with van der Waals surface area (Å²) in [4.78, 5) is 23.0. The Hall–Kier alpha value is -1.51. The minimum absolute atomic E-state index is 0.0422. The lowest BCUT2D eigenvalue weighted by atomic mass is 9.96. The second kappa shape index (κ2) is 6.43. The SMILES string of the molecule is CCC(=O)C(F)C(=O)c1ccc(CC)c(CC)c1. The van der Waals surface area contributed by atoms with Gasteiger partial charge in [0, 0.05) is 12.0 Å². The standard InChI is InChI=1S/C15H19FO2/c1-4-10-7-8-12(9-11(10)5-2)15(18)14(16)13(17)6-3/h7-9,14H,4-6H2,1-3H3. The van der Waals surface area contributed by atoms with Crippen molar-refractivity contribution in [2.24, 2.45) is 0 Å². The second-order valence-corrected chi connectivity index (χ2v) is 4.24. The molecule has 0 aliphatic carbocycles. The van der Waals surface area contributed by atoms with Gasteiger partial charge >= 0.3 is 0 Å². The highest BCUT2D eigenvalue weighted by atomic mass is 19.1. The van der Waals surface area contributed by atoms with E-state index in [4.69, 9.17) is 0 Å². The summed E-state index contributed by atoms with van der Waals surface area (Å²) in [7, 11) is 0. The number of carbonyl (C=O) groups excluding carboxylic acids is 2. The summed E-state index contributed by atoms with van der Waals surface area (Å²) in [5.41, 5.74) is 2.49. The Balaban J connectivity index is 3.03. The molecular formula is C15H19FO2. The molecule has 0 saturated carbocycles. The molecule has 1 atom stereocenters. The average Bonchev–Trinajstić information content (AvgIpc) is 2.43. The molecule has 0 amide bonds. The topological polar surface area (TPSA) is 34.1 Å². The third kappa shape index (κ3) is 3.03. The molecule has 0 spiro atoms. The van der Waals surface area contributed by atoms with Crippen LogP contribution in [0.5, 0.6) is 0 Å². The molecule has 1 aromatic carbocycles. The summed E-state index contributed by atoms with van der Waals surface area (Å²) in [6, 6.07) is 5.15. The Bertz CT molecular complexity index is 452. The molecule has 1 aromatic rings. The Morgan fingerprint density at radius 2 is 1.72 bits per heavy atom. The van der Waals surface area contributed by atoms with Crippen LogP contribution >= 0.6 is 0 Å². The van der Waals surface area contributed by atoms with Crippen molar-refractivity contribution < 1.29 is 14.0 Å². The molecule has 98 valence electrons. The fraction of sp³-hybridized carbons (Fsp3) is 0.467. The fourth-order valence-electron chi connectivity index (χ4n) is 1.92. The first-order chi connectivity index (χ1) is 8.54. The van der Waals surface area contributed by atoms with Crippen LogP contribution in [0.2, 0.25) is 0 Å². The number of hydrogen-bond donors (Lipinski definition) is 0. The Labute approximate surface area is 107 Å². The maximum atomic E-state index is 13.6. The highest BCUT2D eigenvalue weighted by molar-refractivity contribution is 6.13. The van der Waals surface area contributed by atoms with Gasteiger partial charge in [-0.3, -0.25) is 9.59 Å². The van der Waals surface area contributed by atoms with Gasteiger partial charge in [0.1, 0.15) is 0 Å². The lowest BCUT2D eigenvalue weighted by Crippen LogP contribution is -2.25. The third-order valence-electron chi connectivity index (χ3n) is 3.11. The molecule has 0 saturated heterocycles.